The van der Waals surface area contributed by atoms with E-state index in [0.29, 0.717) is 6.04 Å². The molecule has 0 atom stereocenters. The van der Waals surface area contributed by atoms with Crippen molar-refractivity contribution in [2.75, 3.05) is 5.32 Å². The van der Waals surface area contributed by atoms with Crippen molar-refractivity contribution < 1.29 is 0 Å². The Morgan fingerprint density at radius 2 is 1.88 bits per heavy atom. The van der Waals surface area contributed by atoms with Gasteiger partial charge in [-0.2, -0.15) is 0 Å². The van der Waals surface area contributed by atoms with E-state index in [1.54, 1.807) is 11.3 Å². The van der Waals surface area contributed by atoms with Gasteiger partial charge in [-0.25, -0.2) is 4.98 Å². The highest BCUT2D eigenvalue weighted by Gasteiger charge is 2.14. The summed E-state index contributed by atoms with van der Waals surface area (Å²) in [6, 6.07) is 9.30. The first-order valence-corrected chi connectivity index (χ1v) is 7.06. The smallest absolute Gasteiger partial charge is 0.123 e. The van der Waals surface area contributed by atoms with Crippen molar-refractivity contribution >= 4 is 17.0 Å². The minimum atomic E-state index is 0.681. The SMILES string of the molecule is c1csc(-c2ccc(NC3CCCC3)cc2)n1. The Kier molecular flexibility index (Phi) is 3.10. The van der Waals surface area contributed by atoms with Gasteiger partial charge in [-0.1, -0.05) is 12.8 Å². The summed E-state index contributed by atoms with van der Waals surface area (Å²) in [6.07, 6.45) is 7.22. The number of aromatic nitrogens is 1. The van der Waals surface area contributed by atoms with Crippen molar-refractivity contribution in [3.8, 4) is 10.6 Å². The summed E-state index contributed by atoms with van der Waals surface area (Å²) in [5.41, 5.74) is 2.44. The molecule has 0 amide bonds. The molecule has 1 aliphatic carbocycles. The maximum atomic E-state index is 4.32. The van der Waals surface area contributed by atoms with Crippen LogP contribution in [0.15, 0.2) is 35.8 Å². The predicted molar refractivity (Wildman–Crippen MR) is 73.4 cm³/mol. The first-order chi connectivity index (χ1) is 8.42. The number of anilines is 1. The number of thiazole rings is 1. The van der Waals surface area contributed by atoms with Gasteiger partial charge < -0.3 is 5.32 Å². The summed E-state index contributed by atoms with van der Waals surface area (Å²) in [7, 11) is 0. The third-order valence-corrected chi connectivity index (χ3v) is 4.11. The van der Waals surface area contributed by atoms with Crippen LogP contribution in [0.5, 0.6) is 0 Å². The van der Waals surface area contributed by atoms with E-state index in [-0.39, 0.29) is 0 Å². The largest absolute Gasteiger partial charge is 0.382 e. The topological polar surface area (TPSA) is 24.9 Å². The van der Waals surface area contributed by atoms with Gasteiger partial charge in [-0.3, -0.25) is 0 Å². The van der Waals surface area contributed by atoms with Gasteiger partial charge >= 0.3 is 0 Å². The lowest BCUT2D eigenvalue weighted by atomic mass is 10.2. The van der Waals surface area contributed by atoms with Gasteiger partial charge in [0.15, 0.2) is 0 Å². The van der Waals surface area contributed by atoms with Crippen LogP contribution in [0.25, 0.3) is 10.6 Å². The molecule has 1 heterocycles. The Labute approximate surface area is 106 Å². The molecule has 1 aromatic heterocycles. The highest BCUT2D eigenvalue weighted by atomic mass is 32.1. The van der Waals surface area contributed by atoms with Crippen LogP contribution in [0, 0.1) is 0 Å². The van der Waals surface area contributed by atoms with E-state index >= 15 is 0 Å². The van der Waals surface area contributed by atoms with E-state index in [1.807, 2.05) is 11.6 Å². The normalized spacial score (nSPS) is 16.2. The van der Waals surface area contributed by atoms with Gasteiger partial charge in [0.25, 0.3) is 0 Å². The molecule has 0 bridgehead atoms. The van der Waals surface area contributed by atoms with Crippen LogP contribution >= 0.6 is 11.3 Å². The number of nitrogens with one attached hydrogen (secondary N) is 1. The molecule has 1 fully saturated rings. The second kappa shape index (κ2) is 4.88. The molecular formula is C14H16N2S. The average molecular weight is 244 g/mol. The molecule has 0 unspecified atom stereocenters. The van der Waals surface area contributed by atoms with Gasteiger partial charge in [0.05, 0.1) is 0 Å². The van der Waals surface area contributed by atoms with E-state index in [2.05, 4.69) is 34.6 Å². The van der Waals surface area contributed by atoms with Crippen LogP contribution in [0.3, 0.4) is 0 Å². The third kappa shape index (κ3) is 2.50. The Balaban J connectivity index is 1.71. The fraction of sp³-hybridized carbons (Fsp3) is 0.357. The molecular weight excluding hydrogens is 228 g/mol. The van der Waals surface area contributed by atoms with Crippen LogP contribution in [0.1, 0.15) is 25.7 Å². The summed E-state index contributed by atoms with van der Waals surface area (Å²) in [4.78, 5) is 4.32. The fourth-order valence-electron chi connectivity index (χ4n) is 2.38. The zero-order chi connectivity index (χ0) is 11.5. The number of rotatable bonds is 3. The number of hydrogen-bond acceptors (Lipinski definition) is 3. The highest BCUT2D eigenvalue weighted by Crippen LogP contribution is 2.25. The quantitative estimate of drug-likeness (QED) is 0.876. The monoisotopic (exact) mass is 244 g/mol. The van der Waals surface area contributed by atoms with E-state index in [1.165, 1.54) is 36.9 Å². The van der Waals surface area contributed by atoms with Crippen molar-refractivity contribution in [1.82, 2.24) is 4.98 Å². The number of nitrogens with zero attached hydrogens (tertiary/aromatic N) is 1. The Morgan fingerprint density at radius 3 is 2.53 bits per heavy atom. The summed E-state index contributed by atoms with van der Waals surface area (Å²) < 4.78 is 0. The summed E-state index contributed by atoms with van der Waals surface area (Å²) in [5.74, 6) is 0. The number of benzene rings is 1. The molecule has 17 heavy (non-hydrogen) atoms. The second-order valence-electron chi connectivity index (χ2n) is 4.54. The molecule has 3 heteroatoms. The molecule has 0 aliphatic heterocycles. The van der Waals surface area contributed by atoms with E-state index in [4.69, 9.17) is 0 Å². The highest BCUT2D eigenvalue weighted by molar-refractivity contribution is 7.13. The number of hydrogen-bond donors (Lipinski definition) is 1. The van der Waals surface area contributed by atoms with Crippen molar-refractivity contribution in [3.63, 3.8) is 0 Å². The maximum absolute atomic E-state index is 4.32. The van der Waals surface area contributed by atoms with Gasteiger partial charge in [-0.05, 0) is 37.1 Å². The Bertz CT molecular complexity index is 455. The fourth-order valence-corrected chi connectivity index (χ4v) is 3.03. The Morgan fingerprint density at radius 1 is 1.12 bits per heavy atom. The molecule has 1 aromatic carbocycles. The van der Waals surface area contributed by atoms with Crippen molar-refractivity contribution in [2.45, 2.75) is 31.7 Å². The van der Waals surface area contributed by atoms with Gasteiger partial charge in [0, 0.05) is 28.9 Å². The lowest BCUT2D eigenvalue weighted by molar-refractivity contribution is 0.755. The molecule has 1 aliphatic rings. The molecule has 3 rings (SSSR count). The summed E-state index contributed by atoms with van der Waals surface area (Å²) in [5, 5.41) is 6.71. The van der Waals surface area contributed by atoms with Crippen LogP contribution in [-0.2, 0) is 0 Å². The Hall–Kier alpha value is -1.35. The van der Waals surface area contributed by atoms with Crippen LogP contribution in [0.4, 0.5) is 5.69 Å². The first-order valence-electron chi connectivity index (χ1n) is 6.18. The first kappa shape index (κ1) is 10.8. The van der Waals surface area contributed by atoms with Crippen molar-refractivity contribution in [3.05, 3.63) is 35.8 Å². The van der Waals surface area contributed by atoms with Gasteiger partial charge in [-0.15, -0.1) is 11.3 Å². The summed E-state index contributed by atoms with van der Waals surface area (Å²) in [6.45, 7) is 0. The zero-order valence-electron chi connectivity index (χ0n) is 9.73. The molecule has 1 N–H and O–H groups in total. The standard InChI is InChI=1S/C14H16N2S/c1-2-4-12(3-1)16-13-7-5-11(6-8-13)14-15-9-10-17-14/h5-10,12,16H,1-4H2. The van der Waals surface area contributed by atoms with Crippen LogP contribution in [-0.4, -0.2) is 11.0 Å². The maximum Gasteiger partial charge on any atom is 0.123 e. The molecule has 2 nitrogen and oxygen atoms in total. The predicted octanol–water partition coefficient (Wildman–Crippen LogP) is 4.16. The van der Waals surface area contributed by atoms with Gasteiger partial charge in [0.2, 0.25) is 0 Å². The molecule has 88 valence electrons. The van der Waals surface area contributed by atoms with Crippen LogP contribution in [0.2, 0.25) is 0 Å². The average Bonchev–Trinajstić information content (AvgIpc) is 3.01. The molecule has 0 radical (unpaired) electrons. The minimum absolute atomic E-state index is 0.681. The van der Waals surface area contributed by atoms with E-state index < -0.39 is 0 Å². The van der Waals surface area contributed by atoms with Crippen molar-refractivity contribution in [1.29, 1.82) is 0 Å². The van der Waals surface area contributed by atoms with Crippen molar-refractivity contribution in [2.24, 2.45) is 0 Å². The molecule has 1 saturated carbocycles. The molecule has 0 saturated heterocycles. The lowest BCUT2D eigenvalue weighted by Gasteiger charge is -2.13. The van der Waals surface area contributed by atoms with Gasteiger partial charge in [0.1, 0.15) is 5.01 Å². The molecule has 2 aromatic rings. The summed E-state index contributed by atoms with van der Waals surface area (Å²) >= 11 is 1.68. The zero-order valence-corrected chi connectivity index (χ0v) is 10.5. The van der Waals surface area contributed by atoms with E-state index in [0.717, 1.165) is 5.01 Å². The third-order valence-electron chi connectivity index (χ3n) is 3.29. The second-order valence-corrected chi connectivity index (χ2v) is 5.43. The van der Waals surface area contributed by atoms with Crippen LogP contribution < -0.4 is 5.32 Å². The molecule has 0 spiro atoms. The van der Waals surface area contributed by atoms with E-state index in [9.17, 15) is 0 Å². The minimum Gasteiger partial charge on any atom is -0.382 e. The lowest BCUT2D eigenvalue weighted by Crippen LogP contribution is -2.14.